The second-order valence-electron chi connectivity index (χ2n) is 2.54. The fraction of sp³-hybridized carbons (Fsp3) is 0.600. The van der Waals surface area contributed by atoms with E-state index in [-0.39, 0.29) is 19.1 Å². The van der Waals surface area contributed by atoms with E-state index in [1.54, 1.807) is 20.8 Å². The molecule has 0 aliphatic rings. The molecule has 0 atom stereocenters. The molecule has 1 N–H and O–H groups in total. The average Bonchev–Trinajstić information content (AvgIpc) is 2.18. The predicted molar refractivity (Wildman–Crippen MR) is 56.5 cm³/mol. The van der Waals surface area contributed by atoms with Gasteiger partial charge in [-0.05, 0) is 20.8 Å². The Kier molecular flexibility index (Phi) is 7.66. The maximum atomic E-state index is 11.1. The zero-order chi connectivity index (χ0) is 12.4. The lowest BCUT2D eigenvalue weighted by atomic mass is 10.5. The molecule has 0 aliphatic carbocycles. The van der Waals surface area contributed by atoms with Crippen molar-refractivity contribution in [2.75, 3.05) is 19.8 Å². The summed E-state index contributed by atoms with van der Waals surface area (Å²) in [6.45, 7) is 5.90. The number of ether oxygens (including phenoxy) is 3. The second-order valence-corrected chi connectivity index (χ2v) is 2.54. The van der Waals surface area contributed by atoms with Crippen molar-refractivity contribution in [2.24, 2.45) is 0 Å². The number of hydrogen-bond acceptors (Lipinski definition) is 5. The summed E-state index contributed by atoms with van der Waals surface area (Å²) in [5.74, 6) is -0.567. The van der Waals surface area contributed by atoms with E-state index >= 15 is 0 Å². The minimum atomic E-state index is -0.675. The number of esters is 1. The molecule has 92 valence electrons. The molecule has 0 radical (unpaired) electrons. The molecule has 0 aliphatic heterocycles. The number of rotatable bonds is 6. The van der Waals surface area contributed by atoms with Crippen LogP contribution in [0.25, 0.3) is 0 Å². The third-order valence-electron chi connectivity index (χ3n) is 1.34. The molecule has 0 rings (SSSR count). The van der Waals surface area contributed by atoms with Crippen molar-refractivity contribution in [3.05, 3.63) is 12.0 Å². The van der Waals surface area contributed by atoms with Gasteiger partial charge in [-0.25, -0.2) is 9.59 Å². The Labute approximate surface area is 94.5 Å². The zero-order valence-electron chi connectivity index (χ0n) is 9.74. The predicted octanol–water partition coefficient (Wildman–Crippen LogP) is 1.17. The molecule has 0 heterocycles. The first-order valence-corrected chi connectivity index (χ1v) is 5.09. The van der Waals surface area contributed by atoms with Crippen molar-refractivity contribution < 1.29 is 23.8 Å². The van der Waals surface area contributed by atoms with E-state index in [0.29, 0.717) is 6.61 Å². The van der Waals surface area contributed by atoms with Gasteiger partial charge in [-0.3, -0.25) is 5.32 Å². The number of carbonyl (C=O) groups excluding carboxylic acids is 2. The largest absolute Gasteiger partial charge is 0.479 e. The molecule has 6 heteroatoms. The molecule has 0 spiro atoms. The van der Waals surface area contributed by atoms with Crippen LogP contribution in [0.1, 0.15) is 20.8 Å². The van der Waals surface area contributed by atoms with Crippen LogP contribution in [0.15, 0.2) is 12.0 Å². The molecular weight excluding hydrogens is 214 g/mol. The minimum Gasteiger partial charge on any atom is -0.479 e. The first-order chi connectivity index (χ1) is 7.63. The number of amides is 1. The van der Waals surface area contributed by atoms with Crippen molar-refractivity contribution in [3.63, 3.8) is 0 Å². The molecule has 0 saturated carbocycles. The smallest absolute Gasteiger partial charge is 0.413 e. The van der Waals surface area contributed by atoms with Gasteiger partial charge in [0.05, 0.1) is 25.9 Å². The van der Waals surface area contributed by atoms with Crippen LogP contribution in [0.2, 0.25) is 0 Å². The van der Waals surface area contributed by atoms with Crippen LogP contribution in [-0.4, -0.2) is 31.9 Å². The van der Waals surface area contributed by atoms with Crippen LogP contribution in [0.3, 0.4) is 0 Å². The minimum absolute atomic E-state index is 0.0133. The van der Waals surface area contributed by atoms with Crippen LogP contribution < -0.4 is 5.32 Å². The Balaban J connectivity index is 4.35. The molecule has 0 saturated heterocycles. The van der Waals surface area contributed by atoms with E-state index in [1.807, 2.05) is 0 Å². The highest BCUT2D eigenvalue weighted by Crippen LogP contribution is 1.95. The van der Waals surface area contributed by atoms with Gasteiger partial charge in [0.15, 0.2) is 0 Å². The van der Waals surface area contributed by atoms with Crippen LogP contribution in [0.5, 0.6) is 0 Å². The SMILES string of the molecule is CCOC(=O)/C=C(\NC(=O)OCC)OCC. The Morgan fingerprint density at radius 2 is 1.56 bits per heavy atom. The quantitative estimate of drug-likeness (QED) is 0.422. The molecular formula is C10H17NO5. The molecule has 0 bridgehead atoms. The van der Waals surface area contributed by atoms with Gasteiger partial charge < -0.3 is 14.2 Å². The van der Waals surface area contributed by atoms with Crippen molar-refractivity contribution >= 4 is 12.1 Å². The van der Waals surface area contributed by atoms with Gasteiger partial charge in [-0.15, -0.1) is 0 Å². The van der Waals surface area contributed by atoms with E-state index < -0.39 is 12.1 Å². The Morgan fingerprint density at radius 3 is 2.06 bits per heavy atom. The standard InChI is InChI=1S/C10H17NO5/c1-4-14-8(7-9(12)15-5-2)11-10(13)16-6-3/h7H,4-6H2,1-3H3,(H,11,13)/b8-7+. The number of carbonyl (C=O) groups is 2. The summed E-state index contributed by atoms with van der Waals surface area (Å²) in [6.07, 6.45) is 0.385. The van der Waals surface area contributed by atoms with Gasteiger partial charge in [-0.2, -0.15) is 0 Å². The maximum absolute atomic E-state index is 11.1. The zero-order valence-corrected chi connectivity index (χ0v) is 9.74. The summed E-state index contributed by atoms with van der Waals surface area (Å²) in [6, 6.07) is 0. The Hall–Kier alpha value is -1.72. The third-order valence-corrected chi connectivity index (χ3v) is 1.34. The van der Waals surface area contributed by atoms with E-state index in [4.69, 9.17) is 4.74 Å². The molecule has 0 fully saturated rings. The average molecular weight is 231 g/mol. The number of nitrogens with one attached hydrogen (secondary N) is 1. The maximum Gasteiger partial charge on any atom is 0.413 e. The monoisotopic (exact) mass is 231 g/mol. The first kappa shape index (κ1) is 14.3. The van der Waals surface area contributed by atoms with Gasteiger partial charge in [0.1, 0.15) is 0 Å². The van der Waals surface area contributed by atoms with Gasteiger partial charge in [0.25, 0.3) is 0 Å². The fourth-order valence-electron chi connectivity index (χ4n) is 0.828. The second kappa shape index (κ2) is 8.58. The summed E-state index contributed by atoms with van der Waals surface area (Å²) in [5, 5.41) is 2.29. The highest BCUT2D eigenvalue weighted by Gasteiger charge is 2.08. The summed E-state index contributed by atoms with van der Waals surface area (Å²) in [5.41, 5.74) is 0. The molecule has 0 aromatic rings. The van der Waals surface area contributed by atoms with Gasteiger partial charge in [0.2, 0.25) is 5.88 Å². The van der Waals surface area contributed by atoms with Crippen LogP contribution >= 0.6 is 0 Å². The first-order valence-electron chi connectivity index (χ1n) is 5.09. The van der Waals surface area contributed by atoms with Gasteiger partial charge in [-0.1, -0.05) is 0 Å². The summed E-state index contributed by atoms with van der Waals surface area (Å²) in [7, 11) is 0. The molecule has 0 unspecified atom stereocenters. The lowest BCUT2D eigenvalue weighted by molar-refractivity contribution is -0.137. The normalized spacial score (nSPS) is 10.6. The van der Waals surface area contributed by atoms with Crippen molar-refractivity contribution in [1.82, 2.24) is 5.32 Å². The lowest BCUT2D eigenvalue weighted by Crippen LogP contribution is -2.26. The van der Waals surface area contributed by atoms with Gasteiger partial charge >= 0.3 is 12.1 Å². The highest BCUT2D eigenvalue weighted by atomic mass is 16.6. The highest BCUT2D eigenvalue weighted by molar-refractivity contribution is 5.83. The topological polar surface area (TPSA) is 73.9 Å². The van der Waals surface area contributed by atoms with Crippen molar-refractivity contribution in [3.8, 4) is 0 Å². The molecule has 0 aromatic heterocycles. The van der Waals surface area contributed by atoms with Crippen molar-refractivity contribution in [2.45, 2.75) is 20.8 Å². The molecule has 16 heavy (non-hydrogen) atoms. The van der Waals surface area contributed by atoms with Crippen LogP contribution in [-0.2, 0) is 19.0 Å². The van der Waals surface area contributed by atoms with E-state index in [0.717, 1.165) is 6.08 Å². The van der Waals surface area contributed by atoms with E-state index in [1.165, 1.54) is 0 Å². The molecule has 6 nitrogen and oxygen atoms in total. The molecule has 1 amide bonds. The van der Waals surface area contributed by atoms with Crippen molar-refractivity contribution in [1.29, 1.82) is 0 Å². The van der Waals surface area contributed by atoms with Crippen LogP contribution in [0, 0.1) is 0 Å². The summed E-state index contributed by atoms with van der Waals surface area (Å²) >= 11 is 0. The lowest BCUT2D eigenvalue weighted by Gasteiger charge is -2.09. The summed E-state index contributed by atoms with van der Waals surface area (Å²) < 4.78 is 14.3. The van der Waals surface area contributed by atoms with E-state index in [2.05, 4.69) is 14.8 Å². The van der Waals surface area contributed by atoms with Crippen LogP contribution in [0.4, 0.5) is 4.79 Å². The third kappa shape index (κ3) is 6.69. The van der Waals surface area contributed by atoms with E-state index in [9.17, 15) is 9.59 Å². The number of hydrogen-bond donors (Lipinski definition) is 1. The Morgan fingerprint density at radius 1 is 1.00 bits per heavy atom. The Bertz CT molecular complexity index is 262. The fourth-order valence-corrected chi connectivity index (χ4v) is 0.828. The van der Waals surface area contributed by atoms with Gasteiger partial charge in [0, 0.05) is 0 Å². The molecule has 0 aromatic carbocycles. The number of alkyl carbamates (subject to hydrolysis) is 1. The summed E-state index contributed by atoms with van der Waals surface area (Å²) in [4.78, 5) is 22.2.